The topological polar surface area (TPSA) is 94.1 Å². The van der Waals surface area contributed by atoms with Crippen molar-refractivity contribution >= 4 is 16.9 Å². The Hall–Kier alpha value is -1.66. The van der Waals surface area contributed by atoms with E-state index in [2.05, 4.69) is 27.2 Å². The molecule has 4 N–H and O–H groups in total. The van der Waals surface area contributed by atoms with Crippen molar-refractivity contribution in [2.75, 3.05) is 5.32 Å². The molecule has 0 aliphatic heterocycles. The number of H-pyrrole nitrogens is 1. The summed E-state index contributed by atoms with van der Waals surface area (Å²) in [4.78, 5) is 11.6. The number of hydrogen-bond acceptors (Lipinski definition) is 5. The molecule has 6 nitrogen and oxygen atoms in total. The molecule has 0 aromatic carbocycles. The van der Waals surface area contributed by atoms with Crippen LogP contribution in [0.2, 0.25) is 0 Å². The van der Waals surface area contributed by atoms with Crippen molar-refractivity contribution in [1.82, 2.24) is 15.0 Å². The normalized spacial score (nSPS) is 27.0. The third-order valence-corrected chi connectivity index (χ3v) is 3.77. The highest BCUT2D eigenvalue weighted by atomic mass is 16.3. The Morgan fingerprint density at radius 1 is 1.32 bits per heavy atom. The number of aryl methyl sites for hydroxylation is 1. The number of aromatic amines is 1. The Morgan fingerprint density at radius 3 is 2.74 bits per heavy atom. The fourth-order valence-electron chi connectivity index (χ4n) is 2.72. The minimum Gasteiger partial charge on any atom is -0.390 e. The molecule has 0 spiro atoms. The first kappa shape index (κ1) is 12.4. The van der Waals surface area contributed by atoms with Gasteiger partial charge in [0.2, 0.25) is 0 Å². The van der Waals surface area contributed by atoms with E-state index in [1.54, 1.807) is 0 Å². The molecule has 0 saturated heterocycles. The predicted molar refractivity (Wildman–Crippen MR) is 71.9 cm³/mol. The lowest BCUT2D eigenvalue weighted by Gasteiger charge is -2.13. The van der Waals surface area contributed by atoms with Crippen LogP contribution in [0.5, 0.6) is 0 Å². The van der Waals surface area contributed by atoms with Crippen molar-refractivity contribution in [2.24, 2.45) is 0 Å². The minimum atomic E-state index is -0.647. The van der Waals surface area contributed by atoms with Crippen LogP contribution in [0.15, 0.2) is 12.5 Å². The highest BCUT2D eigenvalue weighted by Crippen LogP contribution is 2.28. The number of aliphatic hydroxyl groups excluding tert-OH is 2. The average molecular weight is 262 g/mol. The van der Waals surface area contributed by atoms with Gasteiger partial charge in [0, 0.05) is 12.2 Å². The quantitative estimate of drug-likeness (QED) is 0.657. The van der Waals surface area contributed by atoms with Gasteiger partial charge in [-0.15, -0.1) is 0 Å². The Labute approximate surface area is 110 Å². The largest absolute Gasteiger partial charge is 0.390 e. The molecule has 1 fully saturated rings. The van der Waals surface area contributed by atoms with E-state index in [1.807, 2.05) is 6.20 Å². The van der Waals surface area contributed by atoms with Gasteiger partial charge >= 0.3 is 0 Å². The van der Waals surface area contributed by atoms with Crippen LogP contribution in [-0.4, -0.2) is 43.4 Å². The van der Waals surface area contributed by atoms with E-state index in [9.17, 15) is 10.2 Å². The monoisotopic (exact) mass is 262 g/mol. The lowest BCUT2D eigenvalue weighted by Crippen LogP contribution is -2.17. The highest BCUT2D eigenvalue weighted by molar-refractivity contribution is 5.90. The van der Waals surface area contributed by atoms with Crippen molar-refractivity contribution in [3.8, 4) is 0 Å². The first-order chi connectivity index (χ1) is 9.19. The average Bonchev–Trinajstić information content (AvgIpc) is 2.94. The van der Waals surface area contributed by atoms with E-state index in [1.165, 1.54) is 6.33 Å². The lowest BCUT2D eigenvalue weighted by atomic mass is 10.1. The van der Waals surface area contributed by atoms with E-state index >= 15 is 0 Å². The molecule has 102 valence electrons. The number of aliphatic hydroxyl groups is 2. The van der Waals surface area contributed by atoms with Gasteiger partial charge in [0.15, 0.2) is 0 Å². The molecule has 19 heavy (non-hydrogen) atoms. The first-order valence-corrected chi connectivity index (χ1v) is 6.62. The van der Waals surface area contributed by atoms with Gasteiger partial charge < -0.3 is 20.5 Å². The maximum atomic E-state index is 9.59. The molecule has 2 heterocycles. The number of fused-ring (bicyclic) bond motifs is 1. The number of nitrogens with zero attached hydrogens (tertiary/aromatic N) is 2. The van der Waals surface area contributed by atoms with Crippen LogP contribution >= 0.6 is 0 Å². The Morgan fingerprint density at radius 2 is 2.05 bits per heavy atom. The third-order valence-electron chi connectivity index (χ3n) is 3.77. The smallest absolute Gasteiger partial charge is 0.143 e. The number of rotatable bonds is 3. The van der Waals surface area contributed by atoms with Gasteiger partial charge in [-0.1, -0.05) is 6.92 Å². The zero-order valence-corrected chi connectivity index (χ0v) is 10.8. The maximum Gasteiger partial charge on any atom is 0.143 e. The van der Waals surface area contributed by atoms with Gasteiger partial charge in [-0.25, -0.2) is 9.97 Å². The molecule has 2 aromatic heterocycles. The summed E-state index contributed by atoms with van der Waals surface area (Å²) in [5.41, 5.74) is 1.98. The second-order valence-corrected chi connectivity index (χ2v) is 5.06. The molecule has 1 aliphatic rings. The fraction of sp³-hybridized carbons (Fsp3) is 0.538. The number of aromatic nitrogens is 3. The summed E-state index contributed by atoms with van der Waals surface area (Å²) < 4.78 is 0. The van der Waals surface area contributed by atoms with Crippen LogP contribution in [0, 0.1) is 0 Å². The Kier molecular flexibility index (Phi) is 3.12. The standard InChI is InChI=1S/C13H18N4O2/c1-2-7-5-14-12-11(7)13(16-6-15-12)17-8-3-9(18)10(19)4-8/h5-6,8-10,18-19H,2-4H2,1H3,(H2,14,15,16,17)/t8?,9-,10+. The molecular formula is C13H18N4O2. The van der Waals surface area contributed by atoms with Gasteiger partial charge in [0.25, 0.3) is 0 Å². The van der Waals surface area contributed by atoms with E-state index in [0.29, 0.717) is 12.8 Å². The zero-order chi connectivity index (χ0) is 13.4. The highest BCUT2D eigenvalue weighted by Gasteiger charge is 2.31. The van der Waals surface area contributed by atoms with Crippen molar-refractivity contribution in [1.29, 1.82) is 0 Å². The van der Waals surface area contributed by atoms with E-state index in [4.69, 9.17) is 0 Å². The molecule has 3 atom stereocenters. The molecule has 0 amide bonds. The van der Waals surface area contributed by atoms with Crippen LogP contribution in [0.3, 0.4) is 0 Å². The second kappa shape index (κ2) is 4.79. The lowest BCUT2D eigenvalue weighted by molar-refractivity contribution is 0.0438. The summed E-state index contributed by atoms with van der Waals surface area (Å²) in [6, 6.07) is 0.0442. The number of hydrogen-bond donors (Lipinski definition) is 4. The maximum absolute atomic E-state index is 9.59. The summed E-state index contributed by atoms with van der Waals surface area (Å²) in [7, 11) is 0. The molecule has 0 radical (unpaired) electrons. The molecule has 2 aromatic rings. The van der Waals surface area contributed by atoms with Crippen LogP contribution in [-0.2, 0) is 6.42 Å². The van der Waals surface area contributed by atoms with Crippen LogP contribution in [0.4, 0.5) is 5.82 Å². The summed E-state index contributed by atoms with van der Waals surface area (Å²) in [5.74, 6) is 0.773. The summed E-state index contributed by atoms with van der Waals surface area (Å²) in [6.07, 6.45) is 4.15. The fourth-order valence-corrected chi connectivity index (χ4v) is 2.72. The van der Waals surface area contributed by atoms with E-state index in [-0.39, 0.29) is 6.04 Å². The molecular weight excluding hydrogens is 244 g/mol. The van der Waals surface area contributed by atoms with Gasteiger partial charge in [-0.3, -0.25) is 0 Å². The number of nitrogens with one attached hydrogen (secondary N) is 2. The van der Waals surface area contributed by atoms with Gasteiger partial charge in [0.05, 0.1) is 17.6 Å². The zero-order valence-electron chi connectivity index (χ0n) is 10.8. The summed E-state index contributed by atoms with van der Waals surface area (Å²) in [5, 5.41) is 23.5. The molecule has 0 bridgehead atoms. The minimum absolute atomic E-state index is 0.0442. The Bertz CT molecular complexity index is 573. The predicted octanol–water partition coefficient (Wildman–Crippen LogP) is 0.816. The number of anilines is 1. The third kappa shape index (κ3) is 2.17. The van der Waals surface area contributed by atoms with Crippen molar-refractivity contribution in [3.05, 3.63) is 18.1 Å². The van der Waals surface area contributed by atoms with Crippen LogP contribution in [0.1, 0.15) is 25.3 Å². The molecule has 3 rings (SSSR count). The van der Waals surface area contributed by atoms with Crippen molar-refractivity contribution < 1.29 is 10.2 Å². The van der Waals surface area contributed by atoms with Crippen LogP contribution < -0.4 is 5.32 Å². The van der Waals surface area contributed by atoms with Crippen LogP contribution in [0.25, 0.3) is 11.0 Å². The molecule has 1 saturated carbocycles. The molecule has 1 aliphatic carbocycles. The van der Waals surface area contributed by atoms with Gasteiger partial charge in [-0.05, 0) is 24.8 Å². The summed E-state index contributed by atoms with van der Waals surface area (Å²) >= 11 is 0. The molecule has 6 heteroatoms. The van der Waals surface area contributed by atoms with Crippen molar-refractivity contribution in [3.63, 3.8) is 0 Å². The second-order valence-electron chi connectivity index (χ2n) is 5.06. The van der Waals surface area contributed by atoms with Gasteiger partial charge in [-0.2, -0.15) is 0 Å². The van der Waals surface area contributed by atoms with E-state index < -0.39 is 12.2 Å². The van der Waals surface area contributed by atoms with Crippen molar-refractivity contribution in [2.45, 2.75) is 44.4 Å². The Balaban J connectivity index is 1.90. The molecule has 1 unspecified atom stereocenters. The van der Waals surface area contributed by atoms with E-state index in [0.717, 1.165) is 28.8 Å². The SMILES string of the molecule is CCc1c[nH]c2ncnc(NC3C[C@@H](O)[C@@H](O)C3)c12. The van der Waals surface area contributed by atoms with Gasteiger partial charge in [0.1, 0.15) is 17.8 Å². The summed E-state index contributed by atoms with van der Waals surface area (Å²) in [6.45, 7) is 2.09. The first-order valence-electron chi connectivity index (χ1n) is 6.62.